The molecule has 0 saturated heterocycles. The van der Waals surface area contributed by atoms with Gasteiger partial charge in [0.05, 0.1) is 12.5 Å². The first-order chi connectivity index (χ1) is 10.6. The number of methoxy groups -OCH3 is 1. The minimum Gasteiger partial charge on any atom is -0.465 e. The number of ether oxygens (including phenoxy) is 1. The van der Waals surface area contributed by atoms with Gasteiger partial charge in [0.25, 0.3) is 0 Å². The summed E-state index contributed by atoms with van der Waals surface area (Å²) in [6.45, 7) is 3.86. The fourth-order valence-corrected chi connectivity index (χ4v) is 3.25. The molecular weight excluding hydrogens is 300 g/mol. The Bertz CT molecular complexity index is 860. The molecule has 22 heavy (non-hydrogen) atoms. The molecule has 0 aliphatic heterocycles. The number of fused-ring (bicyclic) bond motifs is 1. The van der Waals surface area contributed by atoms with Crippen LogP contribution >= 0.6 is 11.3 Å². The van der Waals surface area contributed by atoms with Crippen LogP contribution in [0, 0.1) is 13.8 Å². The van der Waals surface area contributed by atoms with E-state index < -0.39 is 0 Å². The van der Waals surface area contributed by atoms with Crippen molar-refractivity contribution in [1.82, 2.24) is 15.0 Å². The van der Waals surface area contributed by atoms with Crippen molar-refractivity contribution in [3.63, 3.8) is 0 Å². The van der Waals surface area contributed by atoms with Gasteiger partial charge in [-0.3, -0.25) is 0 Å². The summed E-state index contributed by atoms with van der Waals surface area (Å²) in [5, 5.41) is 4.01. The van der Waals surface area contributed by atoms with Crippen LogP contribution in [0.4, 0.5) is 11.6 Å². The second kappa shape index (κ2) is 5.69. The summed E-state index contributed by atoms with van der Waals surface area (Å²) >= 11 is 1.30. The van der Waals surface area contributed by atoms with E-state index in [1.807, 2.05) is 26.0 Å². The minimum atomic E-state index is -0.361. The predicted molar refractivity (Wildman–Crippen MR) is 85.7 cm³/mol. The number of esters is 1. The highest BCUT2D eigenvalue weighted by Gasteiger charge is 2.19. The highest BCUT2D eigenvalue weighted by molar-refractivity contribution is 7.20. The molecule has 3 heterocycles. The van der Waals surface area contributed by atoms with Crippen molar-refractivity contribution in [2.45, 2.75) is 13.8 Å². The van der Waals surface area contributed by atoms with E-state index in [1.165, 1.54) is 24.8 Å². The lowest BCUT2D eigenvalue weighted by Gasteiger charge is -2.07. The predicted octanol–water partition coefficient (Wildman–Crippen LogP) is 3.23. The lowest BCUT2D eigenvalue weighted by Crippen LogP contribution is -2.00. The molecule has 0 unspecified atom stereocenters. The summed E-state index contributed by atoms with van der Waals surface area (Å²) in [6, 6.07) is 3.85. The Morgan fingerprint density at radius 3 is 2.82 bits per heavy atom. The fourth-order valence-electron chi connectivity index (χ4n) is 2.18. The molecule has 7 heteroatoms. The molecule has 0 aliphatic carbocycles. The SMILES string of the molecule is COC(=O)c1sc2ncnc(Nc3cc(C)ccn3)c2c1C. The Hall–Kier alpha value is -2.54. The first-order valence-corrected chi connectivity index (χ1v) is 7.44. The molecule has 3 aromatic heterocycles. The van der Waals surface area contributed by atoms with Crippen molar-refractivity contribution in [2.75, 3.05) is 12.4 Å². The minimum absolute atomic E-state index is 0.361. The number of aryl methyl sites for hydroxylation is 2. The highest BCUT2D eigenvalue weighted by Crippen LogP contribution is 2.34. The monoisotopic (exact) mass is 314 g/mol. The molecule has 1 N–H and O–H groups in total. The number of hydrogen-bond donors (Lipinski definition) is 1. The van der Waals surface area contributed by atoms with Crippen LogP contribution in [-0.2, 0) is 4.74 Å². The van der Waals surface area contributed by atoms with Crippen LogP contribution in [0.2, 0.25) is 0 Å². The van der Waals surface area contributed by atoms with Crippen LogP contribution in [-0.4, -0.2) is 28.0 Å². The van der Waals surface area contributed by atoms with E-state index >= 15 is 0 Å². The van der Waals surface area contributed by atoms with Crippen LogP contribution in [0.1, 0.15) is 20.8 Å². The van der Waals surface area contributed by atoms with Crippen molar-refractivity contribution in [2.24, 2.45) is 0 Å². The third-order valence-corrected chi connectivity index (χ3v) is 4.44. The molecule has 3 aromatic rings. The number of anilines is 2. The number of pyridine rings is 1. The van der Waals surface area contributed by atoms with Crippen LogP contribution in [0.5, 0.6) is 0 Å². The quantitative estimate of drug-likeness (QED) is 0.748. The van der Waals surface area contributed by atoms with E-state index in [1.54, 1.807) is 6.20 Å². The molecule has 0 aromatic carbocycles. The number of nitrogens with one attached hydrogen (secondary N) is 1. The second-order valence-corrected chi connectivity index (χ2v) is 5.79. The zero-order chi connectivity index (χ0) is 15.7. The van der Waals surface area contributed by atoms with Gasteiger partial charge in [0.15, 0.2) is 0 Å². The number of carbonyl (C=O) groups is 1. The van der Waals surface area contributed by atoms with Gasteiger partial charge in [-0.2, -0.15) is 0 Å². The van der Waals surface area contributed by atoms with Crippen LogP contribution in [0.25, 0.3) is 10.2 Å². The van der Waals surface area contributed by atoms with Gasteiger partial charge >= 0.3 is 5.97 Å². The number of hydrogen-bond acceptors (Lipinski definition) is 7. The first-order valence-electron chi connectivity index (χ1n) is 6.62. The third kappa shape index (κ3) is 2.50. The van der Waals surface area contributed by atoms with Crippen molar-refractivity contribution in [3.8, 4) is 0 Å². The maximum absolute atomic E-state index is 11.8. The summed E-state index contributed by atoms with van der Waals surface area (Å²) in [5.41, 5.74) is 1.91. The smallest absolute Gasteiger partial charge is 0.348 e. The van der Waals surface area contributed by atoms with Crippen molar-refractivity contribution >= 4 is 39.2 Å². The lowest BCUT2D eigenvalue weighted by molar-refractivity contribution is 0.0605. The number of thiophene rings is 1. The molecule has 0 atom stereocenters. The molecule has 0 bridgehead atoms. The topological polar surface area (TPSA) is 77.0 Å². The maximum atomic E-state index is 11.8. The number of rotatable bonds is 3. The summed E-state index contributed by atoms with van der Waals surface area (Å²) in [4.78, 5) is 25.9. The van der Waals surface area contributed by atoms with Gasteiger partial charge in [0, 0.05) is 6.20 Å². The van der Waals surface area contributed by atoms with Gasteiger partial charge in [-0.15, -0.1) is 11.3 Å². The highest BCUT2D eigenvalue weighted by atomic mass is 32.1. The molecule has 0 radical (unpaired) electrons. The van der Waals surface area contributed by atoms with Crippen molar-refractivity contribution in [3.05, 3.63) is 40.7 Å². The Morgan fingerprint density at radius 2 is 2.09 bits per heavy atom. The molecule has 0 aliphatic rings. The van der Waals surface area contributed by atoms with E-state index in [0.717, 1.165) is 21.3 Å². The fraction of sp³-hybridized carbons (Fsp3) is 0.200. The Balaban J connectivity index is 2.10. The van der Waals surface area contributed by atoms with E-state index in [9.17, 15) is 4.79 Å². The second-order valence-electron chi connectivity index (χ2n) is 4.79. The Morgan fingerprint density at radius 1 is 1.27 bits per heavy atom. The van der Waals surface area contributed by atoms with Gasteiger partial charge in [-0.05, 0) is 37.1 Å². The Labute approximate surface area is 131 Å². The normalized spacial score (nSPS) is 10.7. The number of nitrogens with zero attached hydrogens (tertiary/aromatic N) is 3. The van der Waals surface area contributed by atoms with Crippen LogP contribution < -0.4 is 5.32 Å². The van der Waals surface area contributed by atoms with E-state index in [0.29, 0.717) is 16.5 Å². The van der Waals surface area contributed by atoms with Gasteiger partial charge in [-0.25, -0.2) is 19.7 Å². The number of aromatic nitrogens is 3. The average Bonchev–Trinajstić information content (AvgIpc) is 2.85. The van der Waals surface area contributed by atoms with Crippen LogP contribution in [0.15, 0.2) is 24.7 Å². The van der Waals surface area contributed by atoms with E-state index in [-0.39, 0.29) is 5.97 Å². The van der Waals surface area contributed by atoms with E-state index in [2.05, 4.69) is 20.3 Å². The summed E-state index contributed by atoms with van der Waals surface area (Å²) < 4.78 is 4.81. The van der Waals surface area contributed by atoms with Crippen molar-refractivity contribution in [1.29, 1.82) is 0 Å². The van der Waals surface area contributed by atoms with Gasteiger partial charge in [0.2, 0.25) is 0 Å². The molecule has 0 fully saturated rings. The molecule has 0 saturated carbocycles. The molecule has 3 rings (SSSR count). The zero-order valence-electron chi connectivity index (χ0n) is 12.4. The van der Waals surface area contributed by atoms with E-state index in [4.69, 9.17) is 4.74 Å². The first kappa shape index (κ1) is 14.4. The average molecular weight is 314 g/mol. The Kier molecular flexibility index (Phi) is 3.72. The molecular formula is C15H14N4O2S. The van der Waals surface area contributed by atoms with Gasteiger partial charge < -0.3 is 10.1 Å². The summed E-state index contributed by atoms with van der Waals surface area (Å²) in [7, 11) is 1.37. The van der Waals surface area contributed by atoms with Gasteiger partial charge in [0.1, 0.15) is 27.7 Å². The molecule has 6 nitrogen and oxygen atoms in total. The lowest BCUT2D eigenvalue weighted by atomic mass is 10.2. The standard InChI is InChI=1S/C15H14N4O2S/c1-8-4-5-16-10(6-8)19-13-11-9(2)12(15(20)21-3)22-14(11)18-7-17-13/h4-7H,1-3H3,(H,16,17,18,19). The number of carbonyl (C=O) groups excluding carboxylic acids is 1. The van der Waals surface area contributed by atoms with Crippen LogP contribution in [0.3, 0.4) is 0 Å². The van der Waals surface area contributed by atoms with Crippen molar-refractivity contribution < 1.29 is 9.53 Å². The zero-order valence-corrected chi connectivity index (χ0v) is 13.2. The third-order valence-electron chi connectivity index (χ3n) is 3.26. The largest absolute Gasteiger partial charge is 0.465 e. The summed E-state index contributed by atoms with van der Waals surface area (Å²) in [5.74, 6) is 0.970. The molecule has 0 amide bonds. The molecule has 0 spiro atoms. The summed E-state index contributed by atoms with van der Waals surface area (Å²) in [6.07, 6.45) is 3.20. The van der Waals surface area contributed by atoms with Gasteiger partial charge in [-0.1, -0.05) is 0 Å². The molecule has 112 valence electrons. The maximum Gasteiger partial charge on any atom is 0.348 e.